The number of aldehydes is 1. The van der Waals surface area contributed by atoms with Gasteiger partial charge in [-0.1, -0.05) is 28.1 Å². The molecule has 0 bridgehead atoms. The molecule has 0 atom stereocenters. The first-order valence-corrected chi connectivity index (χ1v) is 7.43. The highest BCUT2D eigenvalue weighted by molar-refractivity contribution is 9.10. The summed E-state index contributed by atoms with van der Waals surface area (Å²) < 4.78 is 2.91. The van der Waals surface area contributed by atoms with Gasteiger partial charge in [0.2, 0.25) is 0 Å². The summed E-state index contributed by atoms with van der Waals surface area (Å²) in [6.45, 7) is 0.575. The van der Waals surface area contributed by atoms with Crippen LogP contribution in [0.5, 0.6) is 0 Å². The Hall–Kier alpha value is -2.40. The first kappa shape index (κ1) is 14.5. The highest BCUT2D eigenvalue weighted by Gasteiger charge is 2.09. The van der Waals surface area contributed by atoms with E-state index in [-0.39, 0.29) is 5.56 Å². The van der Waals surface area contributed by atoms with E-state index in [1.807, 2.05) is 29.0 Å². The van der Waals surface area contributed by atoms with Crippen molar-refractivity contribution in [2.75, 3.05) is 0 Å². The molecule has 0 spiro atoms. The number of carbonyl (C=O) groups is 2. The van der Waals surface area contributed by atoms with Gasteiger partial charge in [0, 0.05) is 33.7 Å². The van der Waals surface area contributed by atoms with Gasteiger partial charge in [0.15, 0.2) is 6.29 Å². The summed E-state index contributed by atoms with van der Waals surface area (Å²) in [5, 5.41) is 9.81. The number of carboxylic acids is 1. The minimum Gasteiger partial charge on any atom is -0.478 e. The molecule has 2 aromatic carbocycles. The Bertz CT molecular complexity index is 865. The summed E-state index contributed by atoms with van der Waals surface area (Å²) >= 11 is 3.41. The van der Waals surface area contributed by atoms with Crippen LogP contribution in [0.3, 0.4) is 0 Å². The van der Waals surface area contributed by atoms with E-state index in [4.69, 9.17) is 5.11 Å². The highest BCUT2D eigenvalue weighted by atomic mass is 79.9. The van der Waals surface area contributed by atoms with Crippen LogP contribution in [0.1, 0.15) is 26.3 Å². The van der Waals surface area contributed by atoms with Crippen molar-refractivity contribution in [3.8, 4) is 0 Å². The summed E-state index contributed by atoms with van der Waals surface area (Å²) in [4.78, 5) is 22.1. The molecule has 1 N–H and O–H groups in total. The van der Waals surface area contributed by atoms with Crippen LogP contribution in [0.15, 0.2) is 53.1 Å². The summed E-state index contributed by atoms with van der Waals surface area (Å²) in [5.74, 6) is -0.939. The molecule has 0 unspecified atom stereocenters. The van der Waals surface area contributed by atoms with Crippen molar-refractivity contribution >= 4 is 39.1 Å². The summed E-state index contributed by atoms with van der Waals surface area (Å²) in [7, 11) is 0. The van der Waals surface area contributed by atoms with Crippen LogP contribution in [0.25, 0.3) is 10.9 Å². The van der Waals surface area contributed by atoms with Crippen molar-refractivity contribution in [3.05, 3.63) is 69.8 Å². The largest absolute Gasteiger partial charge is 0.478 e. The lowest BCUT2D eigenvalue weighted by molar-refractivity contribution is 0.0696. The zero-order valence-electron chi connectivity index (χ0n) is 11.5. The standard InChI is InChI=1S/C17H12BrNO3/c18-14-5-6-16-15(7-14)13(10-20)9-19(16)8-11-1-3-12(4-2-11)17(21)22/h1-7,9-10H,8H2,(H,21,22). The number of carbonyl (C=O) groups excluding carboxylic acids is 1. The molecule has 1 heterocycles. The smallest absolute Gasteiger partial charge is 0.335 e. The van der Waals surface area contributed by atoms with Gasteiger partial charge in [-0.15, -0.1) is 0 Å². The molecule has 0 aliphatic carbocycles. The Labute approximate surface area is 135 Å². The first-order chi connectivity index (χ1) is 10.6. The maximum Gasteiger partial charge on any atom is 0.335 e. The molecular formula is C17H12BrNO3. The van der Waals surface area contributed by atoms with Crippen LogP contribution in [-0.2, 0) is 6.54 Å². The Morgan fingerprint density at radius 3 is 2.55 bits per heavy atom. The van der Waals surface area contributed by atoms with Crippen LogP contribution < -0.4 is 0 Å². The zero-order valence-corrected chi connectivity index (χ0v) is 13.1. The molecule has 3 rings (SSSR count). The molecule has 0 fully saturated rings. The van der Waals surface area contributed by atoms with Crippen molar-refractivity contribution in [3.63, 3.8) is 0 Å². The van der Waals surface area contributed by atoms with Crippen LogP contribution >= 0.6 is 15.9 Å². The lowest BCUT2D eigenvalue weighted by Gasteiger charge is -2.06. The third-order valence-electron chi connectivity index (χ3n) is 3.55. The number of aromatic carboxylic acids is 1. The van der Waals surface area contributed by atoms with Crippen molar-refractivity contribution in [1.29, 1.82) is 0 Å². The molecule has 110 valence electrons. The van der Waals surface area contributed by atoms with Crippen molar-refractivity contribution in [2.45, 2.75) is 6.54 Å². The van der Waals surface area contributed by atoms with E-state index in [2.05, 4.69) is 15.9 Å². The molecule has 0 radical (unpaired) electrons. The van der Waals surface area contributed by atoms with E-state index >= 15 is 0 Å². The predicted molar refractivity (Wildman–Crippen MR) is 87.5 cm³/mol. The lowest BCUT2D eigenvalue weighted by atomic mass is 10.1. The molecular weight excluding hydrogens is 346 g/mol. The number of fused-ring (bicyclic) bond motifs is 1. The molecule has 5 heteroatoms. The van der Waals surface area contributed by atoms with Crippen LogP contribution in [0.4, 0.5) is 0 Å². The van der Waals surface area contributed by atoms with Crippen LogP contribution in [0.2, 0.25) is 0 Å². The first-order valence-electron chi connectivity index (χ1n) is 6.64. The average molecular weight is 358 g/mol. The monoisotopic (exact) mass is 357 g/mol. The van der Waals surface area contributed by atoms with Gasteiger partial charge in [0.05, 0.1) is 5.56 Å². The van der Waals surface area contributed by atoms with Gasteiger partial charge >= 0.3 is 5.97 Å². The van der Waals surface area contributed by atoms with Gasteiger partial charge in [-0.2, -0.15) is 0 Å². The molecule has 0 aliphatic rings. The van der Waals surface area contributed by atoms with Gasteiger partial charge in [-0.05, 0) is 35.9 Å². The number of aromatic nitrogens is 1. The lowest BCUT2D eigenvalue weighted by Crippen LogP contribution is -2.00. The van der Waals surface area contributed by atoms with E-state index in [0.717, 1.165) is 27.2 Å². The summed E-state index contributed by atoms with van der Waals surface area (Å²) in [6.07, 6.45) is 2.66. The third kappa shape index (κ3) is 2.67. The molecule has 0 saturated heterocycles. The van der Waals surface area contributed by atoms with Crippen molar-refractivity contribution in [2.24, 2.45) is 0 Å². The van der Waals surface area contributed by atoms with Gasteiger partial charge < -0.3 is 9.67 Å². The highest BCUT2D eigenvalue weighted by Crippen LogP contribution is 2.25. The second-order valence-corrected chi connectivity index (χ2v) is 5.91. The van der Waals surface area contributed by atoms with Gasteiger partial charge in [-0.3, -0.25) is 4.79 Å². The molecule has 3 aromatic rings. The Balaban J connectivity index is 2.00. The minimum absolute atomic E-state index is 0.263. The fraction of sp³-hybridized carbons (Fsp3) is 0.0588. The molecule has 22 heavy (non-hydrogen) atoms. The van der Waals surface area contributed by atoms with Crippen molar-refractivity contribution in [1.82, 2.24) is 4.57 Å². The molecule has 1 aromatic heterocycles. The predicted octanol–water partition coefficient (Wildman–Crippen LogP) is 3.96. The quantitative estimate of drug-likeness (QED) is 0.718. The second-order valence-electron chi connectivity index (χ2n) is 4.99. The Kier molecular flexibility index (Phi) is 3.81. The average Bonchev–Trinajstić information content (AvgIpc) is 2.85. The van der Waals surface area contributed by atoms with Gasteiger partial charge in [0.25, 0.3) is 0 Å². The number of rotatable bonds is 4. The number of hydrogen-bond donors (Lipinski definition) is 1. The maximum absolute atomic E-state index is 11.2. The van der Waals surface area contributed by atoms with Crippen molar-refractivity contribution < 1.29 is 14.7 Å². The van der Waals surface area contributed by atoms with Gasteiger partial charge in [-0.25, -0.2) is 4.79 Å². The molecule has 0 saturated carbocycles. The maximum atomic E-state index is 11.2. The van der Waals surface area contributed by atoms with E-state index in [0.29, 0.717) is 12.1 Å². The number of benzene rings is 2. The Morgan fingerprint density at radius 1 is 1.18 bits per heavy atom. The van der Waals surface area contributed by atoms with E-state index < -0.39 is 5.97 Å². The van der Waals surface area contributed by atoms with Crippen LogP contribution in [0, 0.1) is 0 Å². The zero-order chi connectivity index (χ0) is 15.7. The topological polar surface area (TPSA) is 59.3 Å². The third-order valence-corrected chi connectivity index (χ3v) is 4.05. The normalized spacial score (nSPS) is 10.8. The number of hydrogen-bond acceptors (Lipinski definition) is 2. The van der Waals surface area contributed by atoms with Crippen LogP contribution in [-0.4, -0.2) is 21.9 Å². The SMILES string of the molecule is O=Cc1cn(Cc2ccc(C(=O)O)cc2)c2ccc(Br)cc12. The molecule has 0 amide bonds. The second kappa shape index (κ2) is 5.77. The van der Waals surface area contributed by atoms with Gasteiger partial charge in [0.1, 0.15) is 0 Å². The number of halogens is 1. The number of carboxylic acid groups (broad SMARTS) is 1. The summed E-state index contributed by atoms with van der Waals surface area (Å²) in [6, 6.07) is 12.5. The number of nitrogens with zero attached hydrogens (tertiary/aromatic N) is 1. The summed E-state index contributed by atoms with van der Waals surface area (Å²) in [5.41, 5.74) is 2.84. The Morgan fingerprint density at radius 2 is 1.91 bits per heavy atom. The van der Waals surface area contributed by atoms with E-state index in [9.17, 15) is 9.59 Å². The molecule has 4 nitrogen and oxygen atoms in total. The fourth-order valence-electron chi connectivity index (χ4n) is 2.47. The minimum atomic E-state index is -0.939. The van der Waals surface area contributed by atoms with E-state index in [1.165, 1.54) is 0 Å². The molecule has 0 aliphatic heterocycles. The van der Waals surface area contributed by atoms with E-state index in [1.54, 1.807) is 24.3 Å². The fourth-order valence-corrected chi connectivity index (χ4v) is 2.83.